The molecule has 2 heterocycles. The maximum Gasteiger partial charge on any atom is 0.221 e. The lowest BCUT2D eigenvalue weighted by molar-refractivity contribution is -0.125. The van der Waals surface area contributed by atoms with E-state index in [0.29, 0.717) is 13.0 Å². The van der Waals surface area contributed by atoms with Gasteiger partial charge in [-0.3, -0.25) is 9.78 Å². The van der Waals surface area contributed by atoms with Crippen molar-refractivity contribution < 1.29 is 9.53 Å². The number of hydrogen-bond donors (Lipinski definition) is 2. The van der Waals surface area contributed by atoms with Crippen LogP contribution >= 0.6 is 0 Å². The van der Waals surface area contributed by atoms with E-state index in [2.05, 4.69) is 60.7 Å². The summed E-state index contributed by atoms with van der Waals surface area (Å²) in [6.45, 7) is 8.71. The first kappa shape index (κ1) is 21.0. The molecule has 0 radical (unpaired) electrons. The Morgan fingerprint density at radius 2 is 1.97 bits per heavy atom. The molecule has 2 atom stereocenters. The van der Waals surface area contributed by atoms with E-state index >= 15 is 0 Å². The van der Waals surface area contributed by atoms with Gasteiger partial charge in [0, 0.05) is 24.2 Å². The molecule has 1 amide bonds. The third-order valence-corrected chi connectivity index (χ3v) is 6.34. The molecule has 2 aliphatic rings. The molecule has 1 saturated heterocycles. The first-order valence-electron chi connectivity index (χ1n) is 11.0. The number of hydrogen-bond acceptors (Lipinski definition) is 4. The first-order chi connectivity index (χ1) is 14.4. The van der Waals surface area contributed by atoms with Gasteiger partial charge in [-0.05, 0) is 54.1 Å². The van der Waals surface area contributed by atoms with E-state index in [4.69, 9.17) is 4.74 Å². The highest BCUT2D eigenvalue weighted by atomic mass is 16.5. The standard InChI is InChI=1S/C25H33N3O2/c1-24(2,3)15-21(29)28-22-19-8-4-5-9-20(19)25(10-13-26-14-11-25)23(22)30-17-18-7-6-12-27-16-18/h4-9,12,16,22-23,26H,10-11,13-15,17H2,1-3H3,(H,28,29)/t22-,23+/m1/s1. The largest absolute Gasteiger partial charge is 0.370 e. The molecule has 1 aromatic heterocycles. The SMILES string of the molecule is CC(C)(C)CC(=O)N[C@@H]1c2ccccc2C2(CCNCC2)[C@H]1OCc1cccnc1. The van der Waals surface area contributed by atoms with E-state index in [1.165, 1.54) is 11.1 Å². The summed E-state index contributed by atoms with van der Waals surface area (Å²) in [7, 11) is 0. The van der Waals surface area contributed by atoms with Crippen molar-refractivity contribution in [1.29, 1.82) is 0 Å². The van der Waals surface area contributed by atoms with Gasteiger partial charge in [-0.2, -0.15) is 0 Å². The number of rotatable bonds is 5. The molecule has 4 rings (SSSR count). The summed E-state index contributed by atoms with van der Waals surface area (Å²) >= 11 is 0. The maximum absolute atomic E-state index is 12.9. The van der Waals surface area contributed by atoms with Crippen LogP contribution in [0.15, 0.2) is 48.8 Å². The Labute approximate surface area is 179 Å². The minimum absolute atomic E-state index is 0.0548. The molecule has 1 aromatic carbocycles. The summed E-state index contributed by atoms with van der Waals surface area (Å²) < 4.78 is 6.63. The summed E-state index contributed by atoms with van der Waals surface area (Å²) in [6.07, 6.45) is 6.04. The van der Waals surface area contributed by atoms with E-state index < -0.39 is 0 Å². The number of benzene rings is 1. The van der Waals surface area contributed by atoms with Crippen LogP contribution in [-0.2, 0) is 21.6 Å². The Hall–Kier alpha value is -2.24. The van der Waals surface area contributed by atoms with Crippen molar-refractivity contribution in [2.45, 2.75) is 64.2 Å². The predicted molar refractivity (Wildman–Crippen MR) is 118 cm³/mol. The van der Waals surface area contributed by atoms with Gasteiger partial charge in [0.25, 0.3) is 0 Å². The predicted octanol–water partition coefficient (Wildman–Crippen LogP) is 3.90. The number of nitrogens with zero attached hydrogens (tertiary/aromatic N) is 1. The van der Waals surface area contributed by atoms with Gasteiger partial charge in [0.05, 0.1) is 18.8 Å². The first-order valence-corrected chi connectivity index (χ1v) is 11.0. The Balaban J connectivity index is 1.66. The summed E-state index contributed by atoms with van der Waals surface area (Å²) in [6, 6.07) is 12.4. The summed E-state index contributed by atoms with van der Waals surface area (Å²) in [4.78, 5) is 17.1. The maximum atomic E-state index is 12.9. The number of pyridine rings is 1. The van der Waals surface area contributed by atoms with E-state index in [1.54, 1.807) is 6.20 Å². The number of piperidine rings is 1. The Morgan fingerprint density at radius 1 is 1.20 bits per heavy atom. The molecule has 160 valence electrons. The van der Waals surface area contributed by atoms with Gasteiger partial charge in [0.1, 0.15) is 0 Å². The summed E-state index contributed by atoms with van der Waals surface area (Å²) in [5.74, 6) is 0.0864. The van der Waals surface area contributed by atoms with Crippen LogP contribution in [0.4, 0.5) is 0 Å². The minimum Gasteiger partial charge on any atom is -0.370 e. The van der Waals surface area contributed by atoms with E-state index in [-0.39, 0.29) is 28.9 Å². The topological polar surface area (TPSA) is 63.2 Å². The van der Waals surface area contributed by atoms with Crippen molar-refractivity contribution in [2.75, 3.05) is 13.1 Å². The molecule has 1 fully saturated rings. The van der Waals surface area contributed by atoms with Crippen LogP contribution in [0.3, 0.4) is 0 Å². The molecule has 30 heavy (non-hydrogen) atoms. The molecule has 0 saturated carbocycles. The molecule has 1 spiro atoms. The Kier molecular flexibility index (Phi) is 5.94. The molecule has 5 heteroatoms. The van der Waals surface area contributed by atoms with Gasteiger partial charge in [-0.25, -0.2) is 0 Å². The lowest BCUT2D eigenvalue weighted by atomic mass is 9.72. The zero-order valence-corrected chi connectivity index (χ0v) is 18.3. The Morgan fingerprint density at radius 3 is 2.67 bits per heavy atom. The van der Waals surface area contributed by atoms with Crippen LogP contribution in [0, 0.1) is 5.41 Å². The number of nitrogens with one attached hydrogen (secondary N) is 2. The average Bonchev–Trinajstić information content (AvgIpc) is 2.95. The number of carbonyl (C=O) groups is 1. The third-order valence-electron chi connectivity index (χ3n) is 6.34. The van der Waals surface area contributed by atoms with Crippen LogP contribution in [0.1, 0.15) is 62.8 Å². The smallest absolute Gasteiger partial charge is 0.221 e. The average molecular weight is 408 g/mol. The highest BCUT2D eigenvalue weighted by molar-refractivity contribution is 5.77. The van der Waals surface area contributed by atoms with Gasteiger partial charge in [-0.1, -0.05) is 51.1 Å². The molecule has 1 aliphatic heterocycles. The van der Waals surface area contributed by atoms with Gasteiger partial charge in [0.15, 0.2) is 0 Å². The number of amides is 1. The van der Waals surface area contributed by atoms with Crippen molar-refractivity contribution in [3.05, 3.63) is 65.5 Å². The Bertz CT molecular complexity index is 869. The fourth-order valence-corrected chi connectivity index (χ4v) is 5.07. The monoisotopic (exact) mass is 407 g/mol. The number of aromatic nitrogens is 1. The zero-order valence-electron chi connectivity index (χ0n) is 18.3. The molecule has 0 unspecified atom stereocenters. The van der Waals surface area contributed by atoms with Crippen LogP contribution < -0.4 is 10.6 Å². The van der Waals surface area contributed by atoms with Crippen molar-refractivity contribution in [3.8, 4) is 0 Å². The quantitative estimate of drug-likeness (QED) is 0.789. The van der Waals surface area contributed by atoms with Crippen molar-refractivity contribution in [3.63, 3.8) is 0 Å². The van der Waals surface area contributed by atoms with Crippen molar-refractivity contribution >= 4 is 5.91 Å². The molecule has 5 nitrogen and oxygen atoms in total. The van der Waals surface area contributed by atoms with Crippen LogP contribution in [0.2, 0.25) is 0 Å². The van der Waals surface area contributed by atoms with Crippen LogP contribution in [0.5, 0.6) is 0 Å². The lowest BCUT2D eigenvalue weighted by Gasteiger charge is -2.41. The van der Waals surface area contributed by atoms with Crippen LogP contribution in [-0.4, -0.2) is 30.1 Å². The second-order valence-corrected chi connectivity index (χ2v) is 9.87. The minimum atomic E-state index is -0.133. The fraction of sp³-hybridized carbons (Fsp3) is 0.520. The van der Waals surface area contributed by atoms with E-state index in [0.717, 1.165) is 31.5 Å². The van der Waals surface area contributed by atoms with E-state index in [1.807, 2.05) is 18.3 Å². The molecule has 2 N–H and O–H groups in total. The lowest BCUT2D eigenvalue weighted by Crippen LogP contribution is -2.50. The normalized spacial score (nSPS) is 22.6. The molecule has 1 aliphatic carbocycles. The van der Waals surface area contributed by atoms with Gasteiger partial charge < -0.3 is 15.4 Å². The van der Waals surface area contributed by atoms with Gasteiger partial charge >= 0.3 is 0 Å². The number of carbonyl (C=O) groups excluding carboxylic acids is 1. The second kappa shape index (κ2) is 8.48. The van der Waals surface area contributed by atoms with Crippen molar-refractivity contribution in [1.82, 2.24) is 15.6 Å². The third kappa shape index (κ3) is 4.28. The molecule has 2 aromatic rings. The van der Waals surface area contributed by atoms with Crippen LogP contribution in [0.25, 0.3) is 0 Å². The number of ether oxygens (including phenoxy) is 1. The highest BCUT2D eigenvalue weighted by Gasteiger charge is 2.53. The van der Waals surface area contributed by atoms with E-state index in [9.17, 15) is 4.79 Å². The van der Waals surface area contributed by atoms with Gasteiger partial charge in [0.2, 0.25) is 5.91 Å². The molecule has 0 bridgehead atoms. The number of fused-ring (bicyclic) bond motifs is 2. The highest BCUT2D eigenvalue weighted by Crippen LogP contribution is 2.51. The van der Waals surface area contributed by atoms with Crippen molar-refractivity contribution in [2.24, 2.45) is 5.41 Å². The zero-order chi connectivity index (χ0) is 21.2. The summed E-state index contributed by atoms with van der Waals surface area (Å²) in [5, 5.41) is 6.84. The van der Waals surface area contributed by atoms with Gasteiger partial charge in [-0.15, -0.1) is 0 Å². The summed E-state index contributed by atoms with van der Waals surface area (Å²) in [5.41, 5.74) is 3.46. The molecular formula is C25H33N3O2. The molecular weight excluding hydrogens is 374 g/mol. The second-order valence-electron chi connectivity index (χ2n) is 9.87. The fourth-order valence-electron chi connectivity index (χ4n) is 5.07.